The van der Waals surface area contributed by atoms with Crippen LogP contribution in [-0.4, -0.2) is 59.2 Å². The number of hydrogen-bond acceptors (Lipinski definition) is 11. The second kappa shape index (κ2) is 14.5. The third-order valence-electron chi connectivity index (χ3n) is 9.48. The number of fused-ring (bicyclic) bond motifs is 3. The summed E-state index contributed by atoms with van der Waals surface area (Å²) < 4.78 is 45.8. The van der Waals surface area contributed by atoms with Gasteiger partial charge in [-0.2, -0.15) is 0 Å². The van der Waals surface area contributed by atoms with Crippen molar-refractivity contribution in [3.63, 3.8) is 0 Å². The van der Waals surface area contributed by atoms with Crippen LogP contribution < -0.4 is 33.7 Å². The largest absolute Gasteiger partial charge is 0.493 e. The molecule has 13 heteroatoms. The van der Waals surface area contributed by atoms with Gasteiger partial charge in [-0.1, -0.05) is 23.7 Å². The quantitative estimate of drug-likeness (QED) is 0.177. The predicted molar refractivity (Wildman–Crippen MR) is 188 cm³/mol. The highest BCUT2D eigenvalue weighted by molar-refractivity contribution is 6.30. The van der Waals surface area contributed by atoms with E-state index >= 15 is 0 Å². The van der Waals surface area contributed by atoms with Crippen LogP contribution in [0, 0.1) is 18.8 Å². The molecule has 7 rings (SSSR count). The smallest absolute Gasteiger partial charge is 0.310 e. The molecule has 0 unspecified atom stereocenters. The molecule has 1 amide bonds. The molecule has 2 aliphatic heterocycles. The highest BCUT2D eigenvalue weighted by atomic mass is 35.5. The Morgan fingerprint density at radius 1 is 0.865 bits per heavy atom. The van der Waals surface area contributed by atoms with Gasteiger partial charge in [0.2, 0.25) is 12.5 Å². The first-order chi connectivity index (χ1) is 25.2. The van der Waals surface area contributed by atoms with Gasteiger partial charge in [0.05, 0.1) is 40.3 Å². The second-order valence-electron chi connectivity index (χ2n) is 12.6. The number of aryl methyl sites for hydroxylation is 1. The molecule has 1 N–H and O–H groups in total. The number of rotatable bonds is 11. The molecule has 52 heavy (non-hydrogen) atoms. The maximum atomic E-state index is 13.7. The topological polar surface area (TPSA) is 137 Å². The number of esters is 2. The molecule has 4 atom stereocenters. The van der Waals surface area contributed by atoms with E-state index in [1.54, 1.807) is 42.5 Å². The van der Waals surface area contributed by atoms with E-state index in [9.17, 15) is 14.4 Å². The molecule has 0 saturated carbocycles. The summed E-state index contributed by atoms with van der Waals surface area (Å²) in [6.45, 7) is 1.71. The van der Waals surface area contributed by atoms with Crippen LogP contribution in [0.2, 0.25) is 5.02 Å². The summed E-state index contributed by atoms with van der Waals surface area (Å²) in [7, 11) is 4.57. The first-order valence-electron chi connectivity index (χ1n) is 16.5. The zero-order chi connectivity index (χ0) is 36.5. The lowest BCUT2D eigenvalue weighted by molar-refractivity contribution is -0.153. The standard InChI is InChI=1S/C39H36ClNO11/c1-20-10-23(40)8-9-28(20)48-18-33(42)41-24-7-5-6-21(11-24)12-34(43)52-37-26-16-30-29(50-19-51-30)15-25(26)35(36-27(37)17-49-39(36)44)22-13-31(45-2)38(47-4)32(14-22)46-3/h5-11,13-16,27,35-37H,12,17-19H2,1-4H3,(H,41,42)/t27-,35+,36-,37-/m0/s1. The highest BCUT2D eigenvalue weighted by Crippen LogP contribution is 2.56. The van der Waals surface area contributed by atoms with Gasteiger partial charge in [0.25, 0.3) is 5.91 Å². The summed E-state index contributed by atoms with van der Waals surface area (Å²) in [5.41, 5.74) is 4.03. The summed E-state index contributed by atoms with van der Waals surface area (Å²) in [6, 6.07) is 19.3. The van der Waals surface area contributed by atoms with Gasteiger partial charge in [-0.3, -0.25) is 14.4 Å². The molecule has 4 aromatic carbocycles. The molecular formula is C39H36ClNO11. The van der Waals surface area contributed by atoms with Crippen LogP contribution in [0.5, 0.6) is 34.5 Å². The van der Waals surface area contributed by atoms with Crippen molar-refractivity contribution in [2.24, 2.45) is 11.8 Å². The number of cyclic esters (lactones) is 1. The first kappa shape index (κ1) is 34.8. The lowest BCUT2D eigenvalue weighted by atomic mass is 9.66. The van der Waals surface area contributed by atoms with E-state index in [0.717, 1.165) is 16.7 Å². The van der Waals surface area contributed by atoms with Gasteiger partial charge in [0.1, 0.15) is 11.9 Å². The number of hydrogen-bond donors (Lipinski definition) is 1. The zero-order valence-electron chi connectivity index (χ0n) is 28.9. The van der Waals surface area contributed by atoms with Gasteiger partial charge in [-0.25, -0.2) is 0 Å². The number of carbonyl (C=O) groups is 3. The maximum absolute atomic E-state index is 13.7. The molecule has 12 nitrogen and oxygen atoms in total. The minimum atomic E-state index is -0.830. The van der Waals surface area contributed by atoms with Crippen LogP contribution in [0.4, 0.5) is 5.69 Å². The Bertz CT molecular complexity index is 2020. The maximum Gasteiger partial charge on any atom is 0.310 e. The van der Waals surface area contributed by atoms with Gasteiger partial charge in [0.15, 0.2) is 29.6 Å². The van der Waals surface area contributed by atoms with Crippen LogP contribution in [-0.2, 0) is 30.3 Å². The van der Waals surface area contributed by atoms with Crippen LogP contribution in [0.25, 0.3) is 0 Å². The number of carbonyl (C=O) groups excluding carboxylic acids is 3. The molecule has 0 aromatic heterocycles. The molecule has 0 bridgehead atoms. The highest BCUT2D eigenvalue weighted by Gasteiger charge is 2.54. The molecule has 0 radical (unpaired) electrons. The minimum Gasteiger partial charge on any atom is -0.493 e. The van der Waals surface area contributed by atoms with Crippen LogP contribution in [0.1, 0.15) is 39.8 Å². The van der Waals surface area contributed by atoms with Crippen molar-refractivity contribution in [1.82, 2.24) is 0 Å². The summed E-state index contributed by atoms with van der Waals surface area (Å²) in [4.78, 5) is 39.9. The number of ether oxygens (including phenoxy) is 8. The SMILES string of the molecule is COc1cc([C@@H]2c3cc4c(cc3[C@H](OC(=O)Cc3cccc(NC(=O)COc5ccc(Cl)cc5C)c3)[C@H]3COC(=O)[C@H]23)OCO4)cc(OC)c1OC. The average Bonchev–Trinajstić information content (AvgIpc) is 3.76. The van der Waals surface area contributed by atoms with Crippen LogP contribution in [0.3, 0.4) is 0 Å². The number of methoxy groups -OCH3 is 3. The van der Waals surface area contributed by atoms with E-state index < -0.39 is 35.8 Å². The Hall–Kier alpha value is -5.62. The molecular weight excluding hydrogens is 694 g/mol. The van der Waals surface area contributed by atoms with E-state index in [-0.39, 0.29) is 32.3 Å². The van der Waals surface area contributed by atoms with Crippen LogP contribution >= 0.6 is 11.6 Å². The molecule has 1 aliphatic carbocycles. The van der Waals surface area contributed by atoms with Crippen molar-refractivity contribution in [3.8, 4) is 34.5 Å². The van der Waals surface area contributed by atoms with E-state index in [0.29, 0.717) is 56.3 Å². The van der Waals surface area contributed by atoms with Gasteiger partial charge in [-0.05, 0) is 83.8 Å². The Balaban J connectivity index is 1.13. The second-order valence-corrected chi connectivity index (χ2v) is 13.1. The van der Waals surface area contributed by atoms with Crippen molar-refractivity contribution in [1.29, 1.82) is 0 Å². The fraction of sp³-hybridized carbons (Fsp3) is 0.308. The molecule has 270 valence electrons. The minimum absolute atomic E-state index is 0.0339. The molecule has 0 spiro atoms. The molecule has 4 aromatic rings. The fourth-order valence-corrected chi connectivity index (χ4v) is 7.39. The first-order valence-corrected chi connectivity index (χ1v) is 16.9. The normalized spacial score (nSPS) is 19.5. The van der Waals surface area contributed by atoms with Crippen molar-refractivity contribution in [2.45, 2.75) is 25.4 Å². The Labute approximate surface area is 304 Å². The van der Waals surface area contributed by atoms with Gasteiger partial charge >= 0.3 is 11.9 Å². The summed E-state index contributed by atoms with van der Waals surface area (Å²) >= 11 is 6.01. The van der Waals surface area contributed by atoms with E-state index in [2.05, 4.69) is 5.32 Å². The number of anilines is 1. The van der Waals surface area contributed by atoms with E-state index in [1.165, 1.54) is 21.3 Å². The van der Waals surface area contributed by atoms with Crippen molar-refractivity contribution >= 4 is 35.1 Å². The Morgan fingerprint density at radius 3 is 2.29 bits per heavy atom. The third kappa shape index (κ3) is 6.73. The van der Waals surface area contributed by atoms with Crippen molar-refractivity contribution in [2.75, 3.05) is 46.7 Å². The van der Waals surface area contributed by atoms with Gasteiger partial charge in [-0.15, -0.1) is 0 Å². The Morgan fingerprint density at radius 2 is 1.60 bits per heavy atom. The number of amides is 1. The number of nitrogens with one attached hydrogen (secondary N) is 1. The molecule has 1 fully saturated rings. The lowest BCUT2D eigenvalue weighted by Crippen LogP contribution is -2.36. The number of benzene rings is 4. The van der Waals surface area contributed by atoms with E-state index in [1.807, 2.05) is 31.2 Å². The summed E-state index contributed by atoms with van der Waals surface area (Å²) in [6.07, 6.45) is -0.925. The Kier molecular flexibility index (Phi) is 9.74. The molecule has 1 saturated heterocycles. The summed E-state index contributed by atoms with van der Waals surface area (Å²) in [5.74, 6) is -0.204. The molecule has 2 heterocycles. The number of halogens is 1. The lowest BCUT2D eigenvalue weighted by Gasteiger charge is -2.38. The monoisotopic (exact) mass is 729 g/mol. The summed E-state index contributed by atoms with van der Waals surface area (Å²) in [5, 5.41) is 3.38. The van der Waals surface area contributed by atoms with Crippen molar-refractivity contribution < 1.29 is 52.3 Å². The molecule has 3 aliphatic rings. The fourth-order valence-electron chi connectivity index (χ4n) is 7.17. The van der Waals surface area contributed by atoms with Crippen LogP contribution in [0.15, 0.2) is 66.7 Å². The average molecular weight is 730 g/mol. The van der Waals surface area contributed by atoms with E-state index in [4.69, 9.17) is 49.5 Å². The van der Waals surface area contributed by atoms with Crippen molar-refractivity contribution in [3.05, 3.63) is 99.6 Å². The third-order valence-corrected chi connectivity index (χ3v) is 9.71. The predicted octanol–water partition coefficient (Wildman–Crippen LogP) is 6.18. The van der Waals surface area contributed by atoms with Gasteiger partial charge in [0, 0.05) is 28.1 Å². The zero-order valence-corrected chi connectivity index (χ0v) is 29.6. The van der Waals surface area contributed by atoms with Gasteiger partial charge < -0.3 is 43.2 Å².